The molecule has 0 saturated heterocycles. The zero-order valence-electron chi connectivity index (χ0n) is 12.4. The maximum atomic E-state index is 11.0. The standard InChI is InChI=1S/C13H27N3O2S/c1-5-7-8-11-16(3)13(14-6-2)15-10-9-12-19(4,17)18/h5H,1,6-12H2,2-4H3,(H,14,15). The predicted molar refractivity (Wildman–Crippen MR) is 82.4 cm³/mol. The number of aliphatic imine (C=N–C) groups is 1. The number of guanidine groups is 1. The second-order valence-corrected chi connectivity index (χ2v) is 6.83. The maximum Gasteiger partial charge on any atom is 0.193 e. The number of unbranched alkanes of at least 4 members (excludes halogenated alkanes) is 1. The lowest BCUT2D eigenvalue weighted by Gasteiger charge is -2.21. The molecular weight excluding hydrogens is 262 g/mol. The van der Waals surface area contributed by atoms with Gasteiger partial charge in [-0.2, -0.15) is 0 Å². The summed E-state index contributed by atoms with van der Waals surface area (Å²) in [5, 5.41) is 3.21. The van der Waals surface area contributed by atoms with Gasteiger partial charge in [0.2, 0.25) is 0 Å². The molecule has 6 heteroatoms. The van der Waals surface area contributed by atoms with Crippen LogP contribution in [0.3, 0.4) is 0 Å². The lowest BCUT2D eigenvalue weighted by molar-refractivity contribution is 0.470. The molecule has 0 heterocycles. The average Bonchev–Trinajstić information content (AvgIpc) is 2.32. The maximum absolute atomic E-state index is 11.0. The zero-order chi connectivity index (χ0) is 14.7. The van der Waals surface area contributed by atoms with Gasteiger partial charge in [-0.1, -0.05) is 6.08 Å². The smallest absolute Gasteiger partial charge is 0.193 e. The molecule has 0 radical (unpaired) electrons. The Labute approximate surface area is 117 Å². The van der Waals surface area contributed by atoms with Crippen molar-refractivity contribution in [2.75, 3.05) is 38.7 Å². The van der Waals surface area contributed by atoms with Crippen LogP contribution >= 0.6 is 0 Å². The first-order valence-electron chi connectivity index (χ1n) is 6.68. The normalized spacial score (nSPS) is 12.3. The van der Waals surface area contributed by atoms with Gasteiger partial charge in [0.15, 0.2) is 5.96 Å². The van der Waals surface area contributed by atoms with Gasteiger partial charge in [0.1, 0.15) is 9.84 Å². The van der Waals surface area contributed by atoms with Gasteiger partial charge in [0.25, 0.3) is 0 Å². The van der Waals surface area contributed by atoms with Gasteiger partial charge in [-0.25, -0.2) is 8.42 Å². The first kappa shape index (κ1) is 18.0. The number of allylic oxidation sites excluding steroid dienone is 1. The number of nitrogens with one attached hydrogen (secondary N) is 1. The van der Waals surface area contributed by atoms with Gasteiger partial charge < -0.3 is 10.2 Å². The van der Waals surface area contributed by atoms with Crippen LogP contribution in [0, 0.1) is 0 Å². The van der Waals surface area contributed by atoms with Crippen molar-refractivity contribution in [2.24, 2.45) is 4.99 Å². The Bertz CT molecular complexity index is 377. The summed E-state index contributed by atoms with van der Waals surface area (Å²) in [6.45, 7) is 7.96. The fourth-order valence-electron chi connectivity index (χ4n) is 1.56. The van der Waals surface area contributed by atoms with Crippen LogP contribution in [-0.2, 0) is 9.84 Å². The van der Waals surface area contributed by atoms with E-state index in [-0.39, 0.29) is 5.75 Å². The van der Waals surface area contributed by atoms with Gasteiger partial charge in [-0.15, -0.1) is 6.58 Å². The van der Waals surface area contributed by atoms with Crippen LogP contribution in [0.5, 0.6) is 0 Å². The molecule has 5 nitrogen and oxygen atoms in total. The van der Waals surface area contributed by atoms with Crippen molar-refractivity contribution < 1.29 is 8.42 Å². The monoisotopic (exact) mass is 289 g/mol. The summed E-state index contributed by atoms with van der Waals surface area (Å²) in [6, 6.07) is 0. The number of sulfone groups is 1. The molecule has 0 rings (SSSR count). The third-order valence-electron chi connectivity index (χ3n) is 2.53. The Morgan fingerprint density at radius 1 is 1.42 bits per heavy atom. The number of hydrogen-bond acceptors (Lipinski definition) is 3. The first-order chi connectivity index (χ1) is 8.90. The van der Waals surface area contributed by atoms with E-state index < -0.39 is 9.84 Å². The fourth-order valence-corrected chi connectivity index (χ4v) is 2.21. The van der Waals surface area contributed by atoms with Crippen LogP contribution in [0.2, 0.25) is 0 Å². The van der Waals surface area contributed by atoms with Crippen molar-refractivity contribution in [3.63, 3.8) is 0 Å². The molecule has 19 heavy (non-hydrogen) atoms. The Morgan fingerprint density at radius 3 is 2.63 bits per heavy atom. The van der Waals surface area contributed by atoms with E-state index in [1.165, 1.54) is 6.26 Å². The summed E-state index contributed by atoms with van der Waals surface area (Å²) >= 11 is 0. The molecule has 0 saturated carbocycles. The predicted octanol–water partition coefficient (Wildman–Crippen LogP) is 1.28. The van der Waals surface area contributed by atoms with Crippen LogP contribution < -0.4 is 5.32 Å². The van der Waals surface area contributed by atoms with E-state index in [4.69, 9.17) is 0 Å². The molecule has 0 amide bonds. The molecule has 0 aliphatic carbocycles. The molecule has 0 bridgehead atoms. The van der Waals surface area contributed by atoms with Crippen molar-refractivity contribution in [2.45, 2.75) is 26.2 Å². The molecular formula is C13H27N3O2S. The number of hydrogen-bond donors (Lipinski definition) is 1. The highest BCUT2D eigenvalue weighted by Gasteiger charge is 2.05. The summed E-state index contributed by atoms with van der Waals surface area (Å²) < 4.78 is 22.1. The quantitative estimate of drug-likeness (QED) is 0.301. The van der Waals surface area contributed by atoms with Crippen LogP contribution in [0.1, 0.15) is 26.2 Å². The lowest BCUT2D eigenvalue weighted by Crippen LogP contribution is -2.39. The van der Waals surface area contributed by atoms with Gasteiger partial charge in [0, 0.05) is 32.9 Å². The molecule has 0 aromatic carbocycles. The minimum atomic E-state index is -2.89. The molecule has 0 aliphatic rings. The van der Waals surface area contributed by atoms with E-state index in [0.717, 1.165) is 31.9 Å². The number of nitrogens with zero attached hydrogens (tertiary/aromatic N) is 2. The van der Waals surface area contributed by atoms with Crippen LogP contribution in [0.15, 0.2) is 17.6 Å². The molecule has 0 aliphatic heterocycles. The molecule has 0 unspecified atom stereocenters. The Balaban J connectivity index is 4.24. The second-order valence-electron chi connectivity index (χ2n) is 4.57. The Kier molecular flexibility index (Phi) is 9.30. The summed E-state index contributed by atoms with van der Waals surface area (Å²) in [4.78, 5) is 6.50. The number of rotatable bonds is 9. The summed E-state index contributed by atoms with van der Waals surface area (Å²) in [6.07, 6.45) is 5.74. The highest BCUT2D eigenvalue weighted by Crippen LogP contribution is 1.96. The average molecular weight is 289 g/mol. The summed E-state index contributed by atoms with van der Waals surface area (Å²) in [5.41, 5.74) is 0. The molecule has 0 aromatic rings. The SMILES string of the molecule is C=CCCCN(C)C(=NCCCS(C)(=O)=O)NCC. The minimum absolute atomic E-state index is 0.191. The van der Waals surface area contributed by atoms with E-state index in [1.54, 1.807) is 0 Å². The van der Waals surface area contributed by atoms with E-state index in [9.17, 15) is 8.42 Å². The topological polar surface area (TPSA) is 61.8 Å². The summed E-state index contributed by atoms with van der Waals surface area (Å²) in [7, 11) is -0.899. The third-order valence-corrected chi connectivity index (χ3v) is 3.56. The van der Waals surface area contributed by atoms with Gasteiger partial charge >= 0.3 is 0 Å². The largest absolute Gasteiger partial charge is 0.357 e. The van der Waals surface area contributed by atoms with Crippen molar-refractivity contribution in [3.05, 3.63) is 12.7 Å². The van der Waals surface area contributed by atoms with Crippen LogP contribution in [0.25, 0.3) is 0 Å². The fraction of sp³-hybridized carbons (Fsp3) is 0.769. The van der Waals surface area contributed by atoms with E-state index >= 15 is 0 Å². The van der Waals surface area contributed by atoms with Gasteiger partial charge in [-0.3, -0.25) is 4.99 Å². The highest BCUT2D eigenvalue weighted by molar-refractivity contribution is 7.90. The van der Waals surface area contributed by atoms with Crippen LogP contribution in [-0.4, -0.2) is 58.0 Å². The van der Waals surface area contributed by atoms with Crippen molar-refractivity contribution in [3.8, 4) is 0 Å². The third kappa shape index (κ3) is 10.6. The molecule has 0 fully saturated rings. The van der Waals surface area contributed by atoms with Gasteiger partial charge in [0.05, 0.1) is 5.75 Å². The van der Waals surface area contributed by atoms with Crippen LogP contribution in [0.4, 0.5) is 0 Å². The zero-order valence-corrected chi connectivity index (χ0v) is 13.2. The molecule has 1 N–H and O–H groups in total. The highest BCUT2D eigenvalue weighted by atomic mass is 32.2. The van der Waals surface area contributed by atoms with Gasteiger partial charge in [-0.05, 0) is 26.2 Å². The van der Waals surface area contributed by atoms with E-state index in [1.807, 2.05) is 20.0 Å². The minimum Gasteiger partial charge on any atom is -0.357 e. The lowest BCUT2D eigenvalue weighted by atomic mass is 10.3. The first-order valence-corrected chi connectivity index (χ1v) is 8.74. The molecule has 0 spiro atoms. The molecule has 0 atom stereocenters. The van der Waals surface area contributed by atoms with Crippen molar-refractivity contribution in [1.29, 1.82) is 0 Å². The molecule has 112 valence electrons. The Hall–Kier alpha value is -1.04. The van der Waals surface area contributed by atoms with E-state index in [2.05, 4.69) is 21.8 Å². The van der Waals surface area contributed by atoms with Crippen molar-refractivity contribution >= 4 is 15.8 Å². The molecule has 0 aromatic heterocycles. The summed E-state index contributed by atoms with van der Waals surface area (Å²) in [5.74, 6) is 1.02. The van der Waals surface area contributed by atoms with Crippen molar-refractivity contribution in [1.82, 2.24) is 10.2 Å². The van der Waals surface area contributed by atoms with E-state index in [0.29, 0.717) is 13.0 Å². The second kappa shape index (κ2) is 9.83. The Morgan fingerprint density at radius 2 is 2.11 bits per heavy atom.